The summed E-state index contributed by atoms with van der Waals surface area (Å²) in [5, 5.41) is 14.5. The average Bonchev–Trinajstić information content (AvgIpc) is 2.72. The van der Waals surface area contributed by atoms with Crippen LogP contribution in [0.25, 0.3) is 10.9 Å². The first kappa shape index (κ1) is 20.7. The lowest BCUT2D eigenvalue weighted by Gasteiger charge is -2.40. The smallest absolute Gasteiger partial charge is 0.239 e. The normalized spacial score (nSPS) is 20.4. The summed E-state index contributed by atoms with van der Waals surface area (Å²) in [4.78, 5) is 12.7. The molecule has 1 saturated heterocycles. The Morgan fingerprint density at radius 2 is 2.06 bits per heavy atom. The molecule has 3 aromatic heterocycles. The zero-order valence-corrected chi connectivity index (χ0v) is 17.8. The first-order chi connectivity index (χ1) is 14.6. The number of nitrogens with zero attached hydrogens (tertiary/aromatic N) is 4. The Morgan fingerprint density at radius 1 is 1.29 bits per heavy atom. The predicted molar refractivity (Wildman–Crippen MR) is 113 cm³/mol. The number of guanidine groups is 1. The molecule has 1 aliphatic rings. The SMILES string of the molecule is COc1cnc2c(Nc3cc([C@]4(C)CS(=O)(=O)N(C)C(=N)N4)c(F)cn3)nccc2c1. The summed E-state index contributed by atoms with van der Waals surface area (Å²) < 4.78 is 45.6. The van der Waals surface area contributed by atoms with E-state index in [1.165, 1.54) is 20.0 Å². The standard InChI is InChI=1S/C19H20FN7O3S/c1-19(10-31(28,29)27(2)18(21)26-19)13-7-15(23-9-14(13)20)25-17-16-11(4-5-22-17)6-12(30-3)8-24-16/h4-9H,10H2,1-3H3,(H2,21,26)(H,22,23,25)/t19-/m0/s1. The Labute approximate surface area is 178 Å². The van der Waals surface area contributed by atoms with Crippen LogP contribution in [0.15, 0.2) is 36.8 Å². The molecule has 0 aromatic carbocycles. The van der Waals surface area contributed by atoms with Crippen LogP contribution in [-0.4, -0.2) is 53.5 Å². The van der Waals surface area contributed by atoms with E-state index >= 15 is 0 Å². The fourth-order valence-corrected chi connectivity index (χ4v) is 4.89. The van der Waals surface area contributed by atoms with Crippen molar-refractivity contribution in [2.75, 3.05) is 25.2 Å². The lowest BCUT2D eigenvalue weighted by Crippen LogP contribution is -2.61. The van der Waals surface area contributed by atoms with Gasteiger partial charge in [0.25, 0.3) is 0 Å². The Kier molecular flexibility index (Phi) is 4.88. The predicted octanol–water partition coefficient (Wildman–Crippen LogP) is 1.93. The molecule has 0 saturated carbocycles. The highest BCUT2D eigenvalue weighted by atomic mass is 32.2. The fraction of sp³-hybridized carbons (Fsp3) is 0.263. The molecule has 3 aromatic rings. The van der Waals surface area contributed by atoms with E-state index in [9.17, 15) is 12.8 Å². The van der Waals surface area contributed by atoms with Gasteiger partial charge >= 0.3 is 0 Å². The van der Waals surface area contributed by atoms with Crippen molar-refractivity contribution >= 4 is 38.5 Å². The lowest BCUT2D eigenvalue weighted by atomic mass is 9.94. The van der Waals surface area contributed by atoms with Crippen molar-refractivity contribution in [3.8, 4) is 5.75 Å². The third-order valence-corrected chi connectivity index (χ3v) is 7.06. The molecule has 4 rings (SSSR count). The molecular weight excluding hydrogens is 425 g/mol. The molecule has 0 unspecified atom stereocenters. The molecule has 0 radical (unpaired) electrons. The van der Waals surface area contributed by atoms with Crippen LogP contribution in [0.4, 0.5) is 16.0 Å². The summed E-state index contributed by atoms with van der Waals surface area (Å²) in [6.45, 7) is 1.53. The van der Waals surface area contributed by atoms with Crippen molar-refractivity contribution in [3.63, 3.8) is 0 Å². The van der Waals surface area contributed by atoms with E-state index in [0.717, 1.165) is 15.9 Å². The summed E-state index contributed by atoms with van der Waals surface area (Å²) in [5.41, 5.74) is -0.741. The average molecular weight is 445 g/mol. The number of nitrogens with one attached hydrogen (secondary N) is 3. The molecule has 10 nitrogen and oxygen atoms in total. The number of rotatable bonds is 4. The molecule has 1 atom stereocenters. The maximum Gasteiger partial charge on any atom is 0.239 e. The molecule has 0 bridgehead atoms. The molecule has 162 valence electrons. The number of methoxy groups -OCH3 is 1. The molecule has 31 heavy (non-hydrogen) atoms. The van der Waals surface area contributed by atoms with Gasteiger partial charge in [-0.3, -0.25) is 5.41 Å². The van der Waals surface area contributed by atoms with Gasteiger partial charge in [-0.2, -0.15) is 0 Å². The van der Waals surface area contributed by atoms with Crippen molar-refractivity contribution in [1.29, 1.82) is 5.41 Å². The van der Waals surface area contributed by atoms with Gasteiger partial charge in [0.1, 0.15) is 22.9 Å². The second kappa shape index (κ2) is 7.30. The molecular formula is C19H20FN7O3S. The maximum atomic E-state index is 14.7. The Morgan fingerprint density at radius 3 is 2.77 bits per heavy atom. The van der Waals surface area contributed by atoms with Gasteiger partial charge < -0.3 is 15.4 Å². The van der Waals surface area contributed by atoms with Gasteiger partial charge in [0.05, 0.1) is 30.8 Å². The minimum atomic E-state index is -3.79. The van der Waals surface area contributed by atoms with Crippen LogP contribution in [0.5, 0.6) is 5.75 Å². The van der Waals surface area contributed by atoms with Crippen LogP contribution in [-0.2, 0) is 15.6 Å². The van der Waals surface area contributed by atoms with E-state index in [1.807, 2.05) is 0 Å². The van der Waals surface area contributed by atoms with Gasteiger partial charge in [-0.1, -0.05) is 0 Å². The first-order valence-corrected chi connectivity index (χ1v) is 10.8. The van der Waals surface area contributed by atoms with Gasteiger partial charge in [-0.05, 0) is 25.1 Å². The minimum Gasteiger partial charge on any atom is -0.495 e. The van der Waals surface area contributed by atoms with E-state index in [0.29, 0.717) is 17.1 Å². The van der Waals surface area contributed by atoms with E-state index in [-0.39, 0.29) is 17.3 Å². The van der Waals surface area contributed by atoms with E-state index in [1.54, 1.807) is 31.6 Å². The van der Waals surface area contributed by atoms with E-state index < -0.39 is 27.1 Å². The molecule has 1 aliphatic heterocycles. The van der Waals surface area contributed by atoms with Crippen LogP contribution in [0.3, 0.4) is 0 Å². The molecule has 1 fully saturated rings. The Hall–Kier alpha value is -3.54. The largest absolute Gasteiger partial charge is 0.495 e. The topological polar surface area (TPSA) is 133 Å². The van der Waals surface area contributed by atoms with Crippen LogP contribution in [0, 0.1) is 11.2 Å². The van der Waals surface area contributed by atoms with Gasteiger partial charge in [-0.15, -0.1) is 0 Å². The summed E-state index contributed by atoms with van der Waals surface area (Å²) in [7, 11) is -0.967. The molecule has 12 heteroatoms. The third-order valence-electron chi connectivity index (χ3n) is 5.10. The number of hydrogen-bond acceptors (Lipinski definition) is 8. The molecule has 0 aliphatic carbocycles. The van der Waals surface area contributed by atoms with Crippen molar-refractivity contribution in [2.45, 2.75) is 12.5 Å². The second-order valence-corrected chi connectivity index (χ2v) is 9.31. The second-order valence-electron chi connectivity index (χ2n) is 7.31. The van der Waals surface area contributed by atoms with Crippen molar-refractivity contribution in [2.24, 2.45) is 0 Å². The third kappa shape index (κ3) is 3.69. The van der Waals surface area contributed by atoms with Crippen LogP contribution >= 0.6 is 0 Å². The van der Waals surface area contributed by atoms with Gasteiger partial charge in [0.15, 0.2) is 5.82 Å². The number of anilines is 2. The molecule has 4 heterocycles. The number of ether oxygens (including phenoxy) is 1. The zero-order valence-electron chi connectivity index (χ0n) is 17.0. The Bertz CT molecular complexity index is 1300. The summed E-state index contributed by atoms with van der Waals surface area (Å²) in [6, 6.07) is 4.98. The maximum absolute atomic E-state index is 14.7. The lowest BCUT2D eigenvalue weighted by molar-refractivity contribution is 0.402. The van der Waals surface area contributed by atoms with E-state index in [2.05, 4.69) is 25.6 Å². The number of halogens is 1. The van der Waals surface area contributed by atoms with Crippen molar-refractivity contribution < 1.29 is 17.5 Å². The number of hydrogen-bond donors (Lipinski definition) is 3. The monoisotopic (exact) mass is 445 g/mol. The summed E-state index contributed by atoms with van der Waals surface area (Å²) in [6.07, 6.45) is 4.14. The number of pyridine rings is 3. The summed E-state index contributed by atoms with van der Waals surface area (Å²) in [5.74, 6) is -0.216. The Balaban J connectivity index is 1.73. The number of aromatic nitrogens is 3. The highest BCUT2D eigenvalue weighted by Crippen LogP contribution is 2.32. The van der Waals surface area contributed by atoms with Gasteiger partial charge in [0.2, 0.25) is 16.0 Å². The minimum absolute atomic E-state index is 0.0568. The van der Waals surface area contributed by atoms with Crippen molar-refractivity contribution in [3.05, 3.63) is 48.2 Å². The fourth-order valence-electron chi connectivity index (χ4n) is 3.42. The van der Waals surface area contributed by atoms with Crippen LogP contribution in [0.1, 0.15) is 12.5 Å². The molecule has 0 amide bonds. The van der Waals surface area contributed by atoms with E-state index in [4.69, 9.17) is 10.1 Å². The number of sulfonamides is 1. The highest BCUT2D eigenvalue weighted by Gasteiger charge is 2.43. The summed E-state index contributed by atoms with van der Waals surface area (Å²) >= 11 is 0. The zero-order chi connectivity index (χ0) is 22.4. The van der Waals surface area contributed by atoms with Gasteiger partial charge in [-0.25, -0.2) is 32.1 Å². The molecule has 0 spiro atoms. The van der Waals surface area contributed by atoms with Crippen molar-refractivity contribution in [1.82, 2.24) is 24.6 Å². The quantitative estimate of drug-likeness (QED) is 0.555. The van der Waals surface area contributed by atoms with Crippen LogP contribution in [0.2, 0.25) is 0 Å². The first-order valence-electron chi connectivity index (χ1n) is 9.18. The van der Waals surface area contributed by atoms with Gasteiger partial charge in [0, 0.05) is 24.2 Å². The van der Waals surface area contributed by atoms with Crippen LogP contribution < -0.4 is 15.4 Å². The molecule has 3 N–H and O–H groups in total. The highest BCUT2D eigenvalue weighted by molar-refractivity contribution is 7.89. The number of fused-ring (bicyclic) bond motifs is 1.